The first kappa shape index (κ1) is 19.1. The highest BCUT2D eigenvalue weighted by Crippen LogP contribution is 2.22. The summed E-state index contributed by atoms with van der Waals surface area (Å²) < 4.78 is 11.3. The Bertz CT molecular complexity index is 865. The van der Waals surface area contributed by atoms with Gasteiger partial charge in [-0.2, -0.15) is 0 Å². The van der Waals surface area contributed by atoms with Crippen LogP contribution in [0.4, 0.5) is 26.7 Å². The van der Waals surface area contributed by atoms with Crippen molar-refractivity contribution in [1.29, 1.82) is 0 Å². The quantitative estimate of drug-likeness (QED) is 0.698. The molecular weight excluding hydrogens is 372 g/mol. The average molecular weight is 396 g/mol. The molecule has 29 heavy (non-hydrogen) atoms. The molecule has 8 nitrogen and oxygen atoms in total. The third-order valence-corrected chi connectivity index (χ3v) is 4.84. The van der Waals surface area contributed by atoms with Crippen molar-refractivity contribution in [3.05, 3.63) is 48.5 Å². The molecule has 2 aliphatic heterocycles. The van der Waals surface area contributed by atoms with Crippen molar-refractivity contribution in [2.45, 2.75) is 18.9 Å². The maximum atomic E-state index is 12.3. The number of carbonyl (C=O) groups excluding carboxylic acids is 2. The van der Waals surface area contributed by atoms with Crippen molar-refractivity contribution < 1.29 is 19.1 Å². The van der Waals surface area contributed by atoms with Crippen LogP contribution in [0.3, 0.4) is 0 Å². The van der Waals surface area contributed by atoms with Gasteiger partial charge in [0.25, 0.3) is 0 Å². The summed E-state index contributed by atoms with van der Waals surface area (Å²) in [6.07, 6.45) is 2.28. The molecule has 1 atom stereocenters. The molecule has 2 fully saturated rings. The number of nitrogens with one attached hydrogen (secondary N) is 3. The maximum Gasteiger partial charge on any atom is 0.323 e. The molecule has 0 bridgehead atoms. The van der Waals surface area contributed by atoms with Gasteiger partial charge in [-0.3, -0.25) is 4.90 Å². The average Bonchev–Trinajstić information content (AvgIpc) is 3.39. The Morgan fingerprint density at radius 3 is 2.72 bits per heavy atom. The molecule has 0 spiro atoms. The summed E-state index contributed by atoms with van der Waals surface area (Å²) in [5.74, 6) is 0.739. The number of hydrogen-bond donors (Lipinski definition) is 3. The van der Waals surface area contributed by atoms with Gasteiger partial charge in [0.15, 0.2) is 0 Å². The first-order valence-corrected chi connectivity index (χ1v) is 9.75. The lowest BCUT2D eigenvalue weighted by Crippen LogP contribution is -2.27. The van der Waals surface area contributed by atoms with E-state index in [0.29, 0.717) is 31.1 Å². The summed E-state index contributed by atoms with van der Waals surface area (Å²) in [5, 5.41) is 8.34. The van der Waals surface area contributed by atoms with E-state index in [9.17, 15) is 9.59 Å². The lowest BCUT2D eigenvalue weighted by molar-refractivity contribution is 0.0679. The minimum Gasteiger partial charge on any atom is -0.491 e. The fourth-order valence-corrected chi connectivity index (χ4v) is 3.36. The first-order chi connectivity index (χ1) is 14.2. The van der Waals surface area contributed by atoms with E-state index in [1.165, 1.54) is 0 Å². The maximum absolute atomic E-state index is 12.3. The predicted molar refractivity (Wildman–Crippen MR) is 111 cm³/mol. The number of anilines is 3. The first-order valence-electron chi connectivity index (χ1n) is 9.75. The minimum atomic E-state index is -0.360. The van der Waals surface area contributed by atoms with Crippen LogP contribution in [0.2, 0.25) is 0 Å². The second-order valence-electron chi connectivity index (χ2n) is 6.98. The number of ether oxygens (including phenoxy) is 2. The summed E-state index contributed by atoms with van der Waals surface area (Å²) in [6, 6.07) is 13.9. The van der Waals surface area contributed by atoms with Crippen LogP contribution in [-0.2, 0) is 4.74 Å². The fraction of sp³-hybridized carbons (Fsp3) is 0.333. The van der Waals surface area contributed by atoms with Gasteiger partial charge in [-0.1, -0.05) is 6.07 Å². The Balaban J connectivity index is 1.29. The van der Waals surface area contributed by atoms with Crippen LogP contribution in [0, 0.1) is 0 Å². The van der Waals surface area contributed by atoms with Crippen LogP contribution in [0.15, 0.2) is 48.5 Å². The van der Waals surface area contributed by atoms with Crippen molar-refractivity contribution in [3.8, 4) is 5.75 Å². The molecule has 0 saturated carbocycles. The molecule has 4 rings (SSSR count). The van der Waals surface area contributed by atoms with Crippen LogP contribution in [0.5, 0.6) is 5.75 Å². The zero-order chi connectivity index (χ0) is 20.1. The van der Waals surface area contributed by atoms with Gasteiger partial charge < -0.3 is 25.4 Å². The second kappa shape index (κ2) is 8.83. The van der Waals surface area contributed by atoms with E-state index < -0.39 is 0 Å². The Hall–Kier alpha value is -3.26. The SMILES string of the molecule is O=C(Nc1ccc(OCC2CCCO2)cc1)Nc1cccc(N2CCNC2=O)c1. The molecule has 0 aliphatic carbocycles. The van der Waals surface area contributed by atoms with E-state index in [2.05, 4.69) is 16.0 Å². The van der Waals surface area contributed by atoms with E-state index in [4.69, 9.17) is 9.47 Å². The number of carbonyl (C=O) groups is 2. The molecule has 4 amide bonds. The molecule has 2 aromatic rings. The molecule has 2 aromatic carbocycles. The van der Waals surface area contributed by atoms with Gasteiger partial charge in [0.1, 0.15) is 12.4 Å². The standard InChI is InChI=1S/C21H24N4O4/c26-20(24-16-3-1-4-17(13-16)25-11-10-22-21(25)27)23-15-6-8-18(9-7-15)29-14-19-5-2-12-28-19/h1,3-4,6-9,13,19H,2,5,10-12,14H2,(H,22,27)(H2,23,24,26). The Labute approximate surface area is 169 Å². The normalized spacial score (nSPS) is 18.4. The molecule has 2 aliphatic rings. The van der Waals surface area contributed by atoms with Gasteiger partial charge in [0, 0.05) is 36.8 Å². The van der Waals surface area contributed by atoms with Crippen molar-refractivity contribution in [2.75, 3.05) is 41.8 Å². The molecule has 152 valence electrons. The minimum absolute atomic E-state index is 0.131. The number of amides is 4. The number of urea groups is 2. The van der Waals surface area contributed by atoms with Crippen molar-refractivity contribution in [3.63, 3.8) is 0 Å². The monoisotopic (exact) mass is 396 g/mol. The highest BCUT2D eigenvalue weighted by molar-refractivity contribution is 6.00. The van der Waals surface area contributed by atoms with Crippen LogP contribution in [0.25, 0.3) is 0 Å². The third-order valence-electron chi connectivity index (χ3n) is 4.84. The molecule has 8 heteroatoms. The van der Waals surface area contributed by atoms with Gasteiger partial charge in [-0.25, -0.2) is 9.59 Å². The molecule has 0 radical (unpaired) electrons. The summed E-state index contributed by atoms with van der Waals surface area (Å²) in [4.78, 5) is 25.7. The molecule has 2 saturated heterocycles. The molecule has 3 N–H and O–H groups in total. The van der Waals surface area contributed by atoms with Gasteiger partial charge in [0.05, 0.1) is 6.10 Å². The fourth-order valence-electron chi connectivity index (χ4n) is 3.36. The molecule has 0 aromatic heterocycles. The molecular formula is C21H24N4O4. The van der Waals surface area contributed by atoms with Gasteiger partial charge in [-0.15, -0.1) is 0 Å². The highest BCUT2D eigenvalue weighted by atomic mass is 16.5. The van der Waals surface area contributed by atoms with Gasteiger partial charge in [0.2, 0.25) is 0 Å². The lowest BCUT2D eigenvalue weighted by Gasteiger charge is -2.16. The number of nitrogens with zero attached hydrogens (tertiary/aromatic N) is 1. The zero-order valence-corrected chi connectivity index (χ0v) is 16.0. The van der Waals surface area contributed by atoms with Crippen molar-refractivity contribution in [2.24, 2.45) is 0 Å². The Morgan fingerprint density at radius 2 is 2.00 bits per heavy atom. The van der Waals surface area contributed by atoms with E-state index in [1.807, 2.05) is 18.2 Å². The molecule has 1 unspecified atom stereocenters. The van der Waals surface area contributed by atoms with E-state index in [-0.39, 0.29) is 18.2 Å². The topological polar surface area (TPSA) is 91.9 Å². The number of rotatable bonds is 6. The van der Waals surface area contributed by atoms with Crippen LogP contribution >= 0.6 is 0 Å². The summed E-state index contributed by atoms with van der Waals surface area (Å²) >= 11 is 0. The van der Waals surface area contributed by atoms with Crippen molar-refractivity contribution >= 4 is 29.1 Å². The van der Waals surface area contributed by atoms with E-state index >= 15 is 0 Å². The van der Waals surface area contributed by atoms with Crippen LogP contribution in [-0.4, -0.2) is 44.5 Å². The lowest BCUT2D eigenvalue weighted by atomic mass is 10.2. The van der Waals surface area contributed by atoms with E-state index in [0.717, 1.165) is 30.9 Å². The van der Waals surface area contributed by atoms with Crippen LogP contribution in [0.1, 0.15) is 12.8 Å². The second-order valence-corrected chi connectivity index (χ2v) is 6.98. The van der Waals surface area contributed by atoms with Gasteiger partial charge >= 0.3 is 12.1 Å². The third kappa shape index (κ3) is 4.97. The summed E-state index contributed by atoms with van der Waals surface area (Å²) in [6.45, 7) is 2.57. The zero-order valence-electron chi connectivity index (χ0n) is 16.0. The largest absolute Gasteiger partial charge is 0.491 e. The Morgan fingerprint density at radius 1 is 1.17 bits per heavy atom. The molecule has 2 heterocycles. The van der Waals surface area contributed by atoms with Crippen molar-refractivity contribution in [1.82, 2.24) is 5.32 Å². The van der Waals surface area contributed by atoms with Crippen LogP contribution < -0.4 is 25.6 Å². The van der Waals surface area contributed by atoms with Gasteiger partial charge in [-0.05, 0) is 55.3 Å². The summed E-state index contributed by atoms with van der Waals surface area (Å²) in [5.41, 5.74) is 2.00. The predicted octanol–water partition coefficient (Wildman–Crippen LogP) is 3.42. The number of benzene rings is 2. The number of hydrogen-bond acceptors (Lipinski definition) is 4. The Kier molecular flexibility index (Phi) is 5.81. The summed E-state index contributed by atoms with van der Waals surface area (Å²) in [7, 11) is 0. The smallest absolute Gasteiger partial charge is 0.323 e. The highest BCUT2D eigenvalue weighted by Gasteiger charge is 2.21. The van der Waals surface area contributed by atoms with E-state index in [1.54, 1.807) is 35.2 Å².